The van der Waals surface area contributed by atoms with Crippen LogP contribution in [0.1, 0.15) is 19.4 Å². The van der Waals surface area contributed by atoms with Crippen molar-refractivity contribution in [3.63, 3.8) is 0 Å². The number of ether oxygens (including phenoxy) is 1. The number of morpholine rings is 1. The van der Waals surface area contributed by atoms with E-state index in [0.29, 0.717) is 13.1 Å². The first-order chi connectivity index (χ1) is 10.0. The van der Waals surface area contributed by atoms with E-state index >= 15 is 0 Å². The molecule has 0 radical (unpaired) electrons. The van der Waals surface area contributed by atoms with Crippen molar-refractivity contribution in [1.82, 2.24) is 10.2 Å². The Morgan fingerprint density at radius 3 is 2.52 bits per heavy atom. The van der Waals surface area contributed by atoms with E-state index in [1.54, 1.807) is 0 Å². The van der Waals surface area contributed by atoms with Crippen LogP contribution in [-0.4, -0.2) is 49.2 Å². The van der Waals surface area contributed by atoms with Gasteiger partial charge in [-0.1, -0.05) is 23.7 Å². The highest BCUT2D eigenvalue weighted by Gasteiger charge is 2.23. The Morgan fingerprint density at radius 1 is 1.29 bits per heavy atom. The molecule has 116 valence electrons. The number of amides is 1. The third kappa shape index (κ3) is 5.65. The smallest absolute Gasteiger partial charge is 0.234 e. The first-order valence-electron chi connectivity index (χ1n) is 7.42. The number of nitrogens with zero attached hydrogens (tertiary/aromatic N) is 1. The van der Waals surface area contributed by atoms with Gasteiger partial charge in [0, 0.05) is 24.7 Å². The lowest BCUT2D eigenvalue weighted by Crippen LogP contribution is -2.49. The fourth-order valence-electron chi connectivity index (χ4n) is 2.67. The molecule has 1 aliphatic heterocycles. The largest absolute Gasteiger partial charge is 0.373 e. The third-order valence-electron chi connectivity index (χ3n) is 3.51. The second-order valence-electron chi connectivity index (χ2n) is 5.68. The van der Waals surface area contributed by atoms with Crippen LogP contribution in [0.2, 0.25) is 5.02 Å². The van der Waals surface area contributed by atoms with Crippen molar-refractivity contribution in [2.24, 2.45) is 0 Å². The number of benzene rings is 1. The molecule has 1 heterocycles. The average Bonchev–Trinajstić information content (AvgIpc) is 2.39. The van der Waals surface area contributed by atoms with Crippen LogP contribution in [0.3, 0.4) is 0 Å². The number of rotatable bonds is 5. The van der Waals surface area contributed by atoms with Crippen molar-refractivity contribution in [1.29, 1.82) is 0 Å². The van der Waals surface area contributed by atoms with Gasteiger partial charge < -0.3 is 10.1 Å². The first kappa shape index (κ1) is 16.3. The van der Waals surface area contributed by atoms with E-state index < -0.39 is 0 Å². The van der Waals surface area contributed by atoms with Crippen LogP contribution in [-0.2, 0) is 16.0 Å². The van der Waals surface area contributed by atoms with Gasteiger partial charge in [0.25, 0.3) is 0 Å². The van der Waals surface area contributed by atoms with Gasteiger partial charge in [-0.2, -0.15) is 0 Å². The molecule has 1 N–H and O–H groups in total. The average molecular weight is 311 g/mol. The van der Waals surface area contributed by atoms with E-state index in [-0.39, 0.29) is 18.1 Å². The number of hydrogen-bond donors (Lipinski definition) is 1. The van der Waals surface area contributed by atoms with E-state index in [0.717, 1.165) is 24.5 Å². The zero-order valence-corrected chi connectivity index (χ0v) is 13.4. The predicted octanol–water partition coefficient (Wildman–Crippen LogP) is 2.11. The van der Waals surface area contributed by atoms with Crippen LogP contribution in [0.4, 0.5) is 0 Å². The summed E-state index contributed by atoms with van der Waals surface area (Å²) in [6.45, 7) is 6.81. The first-order valence-corrected chi connectivity index (χ1v) is 7.79. The number of nitrogens with one attached hydrogen (secondary N) is 1. The van der Waals surface area contributed by atoms with E-state index in [2.05, 4.69) is 10.2 Å². The van der Waals surface area contributed by atoms with Gasteiger partial charge in [0.15, 0.2) is 0 Å². The van der Waals surface area contributed by atoms with Crippen LogP contribution in [0.5, 0.6) is 0 Å². The number of hydrogen-bond acceptors (Lipinski definition) is 3. The van der Waals surface area contributed by atoms with Crippen LogP contribution in [0.25, 0.3) is 0 Å². The maximum absolute atomic E-state index is 12.0. The SMILES string of the molecule is CC1CN(CC(=O)NCCc2ccc(Cl)cc2)CC(C)O1. The van der Waals surface area contributed by atoms with E-state index in [1.807, 2.05) is 38.1 Å². The maximum Gasteiger partial charge on any atom is 0.234 e. The lowest BCUT2D eigenvalue weighted by Gasteiger charge is -2.34. The summed E-state index contributed by atoms with van der Waals surface area (Å²) < 4.78 is 5.66. The van der Waals surface area contributed by atoms with Crippen LogP contribution >= 0.6 is 11.6 Å². The molecule has 0 spiro atoms. The molecule has 4 nitrogen and oxygen atoms in total. The van der Waals surface area contributed by atoms with E-state index in [9.17, 15) is 4.79 Å². The fraction of sp³-hybridized carbons (Fsp3) is 0.562. The van der Waals surface area contributed by atoms with Crippen molar-refractivity contribution < 1.29 is 9.53 Å². The van der Waals surface area contributed by atoms with Gasteiger partial charge in [0.2, 0.25) is 5.91 Å². The van der Waals surface area contributed by atoms with Gasteiger partial charge in [-0.3, -0.25) is 9.69 Å². The Morgan fingerprint density at radius 2 is 1.90 bits per heavy atom. The minimum Gasteiger partial charge on any atom is -0.373 e. The van der Waals surface area contributed by atoms with Gasteiger partial charge in [-0.15, -0.1) is 0 Å². The molecule has 21 heavy (non-hydrogen) atoms. The predicted molar refractivity (Wildman–Crippen MR) is 84.6 cm³/mol. The number of carbonyl (C=O) groups is 1. The van der Waals surface area contributed by atoms with Gasteiger partial charge in [0.05, 0.1) is 18.8 Å². The van der Waals surface area contributed by atoms with Crippen molar-refractivity contribution >= 4 is 17.5 Å². The van der Waals surface area contributed by atoms with Crippen LogP contribution < -0.4 is 5.32 Å². The summed E-state index contributed by atoms with van der Waals surface area (Å²) in [6.07, 6.45) is 1.20. The molecule has 1 aromatic rings. The molecule has 1 amide bonds. The summed E-state index contributed by atoms with van der Waals surface area (Å²) in [6, 6.07) is 7.71. The highest BCUT2D eigenvalue weighted by molar-refractivity contribution is 6.30. The third-order valence-corrected chi connectivity index (χ3v) is 3.76. The normalized spacial score (nSPS) is 23.0. The molecule has 2 rings (SSSR count). The zero-order valence-electron chi connectivity index (χ0n) is 12.6. The number of carbonyl (C=O) groups excluding carboxylic acids is 1. The topological polar surface area (TPSA) is 41.6 Å². The summed E-state index contributed by atoms with van der Waals surface area (Å²) in [5, 5.41) is 3.70. The lowest BCUT2D eigenvalue weighted by molar-refractivity contribution is -0.125. The molecule has 1 fully saturated rings. The van der Waals surface area contributed by atoms with Crippen molar-refractivity contribution in [2.75, 3.05) is 26.2 Å². The second-order valence-corrected chi connectivity index (χ2v) is 6.11. The Kier molecular flexibility index (Phi) is 6.03. The molecule has 0 saturated carbocycles. The summed E-state index contributed by atoms with van der Waals surface area (Å²) in [5.74, 6) is 0.0743. The molecule has 2 atom stereocenters. The maximum atomic E-state index is 12.0. The molecule has 2 unspecified atom stereocenters. The van der Waals surface area contributed by atoms with Gasteiger partial charge >= 0.3 is 0 Å². The summed E-state index contributed by atoms with van der Waals surface area (Å²) in [7, 11) is 0. The minimum absolute atomic E-state index is 0.0743. The van der Waals surface area contributed by atoms with Crippen molar-refractivity contribution in [3.8, 4) is 0 Å². The molecular formula is C16H23ClN2O2. The van der Waals surface area contributed by atoms with Crippen molar-refractivity contribution in [2.45, 2.75) is 32.5 Å². The quantitative estimate of drug-likeness (QED) is 0.905. The van der Waals surface area contributed by atoms with Crippen molar-refractivity contribution in [3.05, 3.63) is 34.9 Å². The highest BCUT2D eigenvalue weighted by atomic mass is 35.5. The summed E-state index contributed by atoms with van der Waals surface area (Å²) >= 11 is 5.84. The zero-order chi connectivity index (χ0) is 15.2. The Bertz CT molecular complexity index is 454. The summed E-state index contributed by atoms with van der Waals surface area (Å²) in [5.41, 5.74) is 1.17. The fourth-order valence-corrected chi connectivity index (χ4v) is 2.80. The molecule has 0 bridgehead atoms. The molecule has 1 aliphatic rings. The van der Waals surface area contributed by atoms with Gasteiger partial charge in [0.1, 0.15) is 0 Å². The molecule has 0 aliphatic carbocycles. The molecular weight excluding hydrogens is 288 g/mol. The minimum atomic E-state index is 0.0743. The Balaban J connectivity index is 1.68. The molecule has 1 aromatic carbocycles. The Hall–Kier alpha value is -1.10. The summed E-state index contributed by atoms with van der Waals surface area (Å²) in [4.78, 5) is 14.1. The van der Waals surface area contributed by atoms with Gasteiger partial charge in [-0.05, 0) is 38.0 Å². The molecule has 1 saturated heterocycles. The molecule has 0 aromatic heterocycles. The molecule has 5 heteroatoms. The van der Waals surface area contributed by atoms with Gasteiger partial charge in [-0.25, -0.2) is 0 Å². The second kappa shape index (κ2) is 7.78. The Labute approximate surface area is 131 Å². The number of halogens is 1. The lowest BCUT2D eigenvalue weighted by atomic mass is 10.1. The standard InChI is InChI=1S/C16H23ClN2O2/c1-12-9-19(10-13(2)21-12)11-16(20)18-8-7-14-3-5-15(17)6-4-14/h3-6,12-13H,7-11H2,1-2H3,(H,18,20). The van der Waals surface area contributed by atoms with E-state index in [1.165, 1.54) is 5.56 Å². The highest BCUT2D eigenvalue weighted by Crippen LogP contribution is 2.10. The van der Waals surface area contributed by atoms with Crippen LogP contribution in [0.15, 0.2) is 24.3 Å². The van der Waals surface area contributed by atoms with E-state index in [4.69, 9.17) is 16.3 Å². The monoisotopic (exact) mass is 310 g/mol. The van der Waals surface area contributed by atoms with Crippen LogP contribution in [0, 0.1) is 0 Å².